The van der Waals surface area contributed by atoms with Gasteiger partial charge < -0.3 is 20.3 Å². The number of likely N-dealkylation sites (tertiary alicyclic amines) is 1. The van der Waals surface area contributed by atoms with Crippen LogP contribution in [0.4, 0.5) is 0 Å². The van der Waals surface area contributed by atoms with E-state index in [9.17, 15) is 4.79 Å². The Morgan fingerprint density at radius 2 is 2.42 bits per heavy atom. The summed E-state index contributed by atoms with van der Waals surface area (Å²) in [6, 6.07) is 0.450. The van der Waals surface area contributed by atoms with E-state index in [1.807, 2.05) is 7.05 Å². The first-order valence-corrected chi connectivity index (χ1v) is 7.38. The lowest BCUT2D eigenvalue weighted by Gasteiger charge is -2.38. The molecule has 0 radical (unpaired) electrons. The van der Waals surface area contributed by atoms with Crippen LogP contribution in [-0.2, 0) is 9.53 Å². The number of methoxy groups -OCH3 is 1. The van der Waals surface area contributed by atoms with Crippen LogP contribution < -0.4 is 10.6 Å². The smallest absolute Gasteiger partial charge is 0.230 e. The molecule has 5 nitrogen and oxygen atoms in total. The predicted molar refractivity (Wildman–Crippen MR) is 75.1 cm³/mol. The van der Waals surface area contributed by atoms with E-state index in [2.05, 4.69) is 15.5 Å². The van der Waals surface area contributed by atoms with E-state index in [0.29, 0.717) is 18.6 Å². The molecular formula is C14H27N3O2. The normalized spacial score (nSPS) is 31.7. The third kappa shape index (κ3) is 3.27. The fraction of sp³-hybridized carbons (Fsp3) is 0.929. The van der Waals surface area contributed by atoms with E-state index in [1.54, 1.807) is 7.11 Å². The summed E-state index contributed by atoms with van der Waals surface area (Å²) in [6.45, 7) is 4.17. The number of piperidine rings is 1. The Bertz CT molecular complexity index is 303. The average molecular weight is 269 g/mol. The van der Waals surface area contributed by atoms with Crippen molar-refractivity contribution >= 4 is 5.91 Å². The zero-order chi connectivity index (χ0) is 13.7. The van der Waals surface area contributed by atoms with Gasteiger partial charge in [0.05, 0.1) is 5.41 Å². The minimum absolute atomic E-state index is 0.231. The fourth-order valence-corrected chi connectivity index (χ4v) is 3.28. The molecule has 5 heteroatoms. The molecule has 0 saturated carbocycles. The summed E-state index contributed by atoms with van der Waals surface area (Å²) in [6.07, 6.45) is 4.04. The average Bonchev–Trinajstić information content (AvgIpc) is 2.94. The minimum Gasteiger partial charge on any atom is -0.385 e. The summed E-state index contributed by atoms with van der Waals surface area (Å²) in [5.41, 5.74) is -0.231. The number of carbonyl (C=O) groups is 1. The van der Waals surface area contributed by atoms with Crippen molar-refractivity contribution in [3.05, 3.63) is 0 Å². The highest BCUT2D eigenvalue weighted by Crippen LogP contribution is 2.33. The summed E-state index contributed by atoms with van der Waals surface area (Å²) in [7, 11) is 3.69. The number of hydrogen-bond donors (Lipinski definition) is 2. The molecular weight excluding hydrogens is 242 g/mol. The number of amides is 1. The molecule has 0 bridgehead atoms. The Morgan fingerprint density at radius 1 is 1.58 bits per heavy atom. The SMILES string of the molecule is CNC1CCCN(C(=O)C2(CCOC)CCNC2)C1. The van der Waals surface area contributed by atoms with Gasteiger partial charge in [-0.05, 0) is 39.3 Å². The highest BCUT2D eigenvalue weighted by molar-refractivity contribution is 5.83. The zero-order valence-electron chi connectivity index (χ0n) is 12.2. The Balaban J connectivity index is 2.02. The van der Waals surface area contributed by atoms with Crippen molar-refractivity contribution in [2.24, 2.45) is 5.41 Å². The van der Waals surface area contributed by atoms with Gasteiger partial charge >= 0.3 is 0 Å². The van der Waals surface area contributed by atoms with Crippen molar-refractivity contribution in [2.75, 3.05) is 46.9 Å². The molecule has 2 aliphatic heterocycles. The lowest BCUT2D eigenvalue weighted by atomic mass is 9.81. The summed E-state index contributed by atoms with van der Waals surface area (Å²) < 4.78 is 5.20. The minimum atomic E-state index is -0.231. The van der Waals surface area contributed by atoms with Crippen molar-refractivity contribution in [3.8, 4) is 0 Å². The number of rotatable bonds is 5. The van der Waals surface area contributed by atoms with Crippen molar-refractivity contribution in [1.29, 1.82) is 0 Å². The van der Waals surface area contributed by atoms with Crippen LogP contribution in [0.5, 0.6) is 0 Å². The first-order chi connectivity index (χ1) is 9.22. The standard InChI is InChI=1S/C14H27N3O2/c1-15-12-4-3-8-17(10-12)13(18)14(6-9-19-2)5-7-16-11-14/h12,15-16H,3-11H2,1-2H3. The van der Waals surface area contributed by atoms with E-state index >= 15 is 0 Å². The van der Waals surface area contributed by atoms with Gasteiger partial charge in [-0.25, -0.2) is 0 Å². The van der Waals surface area contributed by atoms with E-state index in [0.717, 1.165) is 45.4 Å². The lowest BCUT2D eigenvalue weighted by molar-refractivity contribution is -0.143. The molecule has 2 N–H and O–H groups in total. The van der Waals surface area contributed by atoms with Gasteiger partial charge in [-0.15, -0.1) is 0 Å². The Morgan fingerprint density at radius 3 is 3.05 bits per heavy atom. The van der Waals surface area contributed by atoms with Gasteiger partial charge in [0.15, 0.2) is 0 Å². The van der Waals surface area contributed by atoms with Crippen LogP contribution in [0.3, 0.4) is 0 Å². The number of nitrogens with zero attached hydrogens (tertiary/aromatic N) is 1. The van der Waals surface area contributed by atoms with Crippen LogP contribution in [0.2, 0.25) is 0 Å². The Labute approximate surface area is 116 Å². The number of hydrogen-bond acceptors (Lipinski definition) is 4. The summed E-state index contributed by atoms with van der Waals surface area (Å²) in [4.78, 5) is 15.0. The van der Waals surface area contributed by atoms with Crippen molar-refractivity contribution in [3.63, 3.8) is 0 Å². The van der Waals surface area contributed by atoms with Crippen molar-refractivity contribution < 1.29 is 9.53 Å². The molecule has 1 amide bonds. The molecule has 110 valence electrons. The van der Waals surface area contributed by atoms with Crippen molar-refractivity contribution in [2.45, 2.75) is 31.7 Å². The van der Waals surface area contributed by atoms with Crippen LogP contribution in [0, 0.1) is 5.41 Å². The maximum absolute atomic E-state index is 12.9. The molecule has 2 unspecified atom stereocenters. The summed E-state index contributed by atoms with van der Waals surface area (Å²) in [5, 5.41) is 6.65. The molecule has 2 rings (SSSR count). The van der Waals surface area contributed by atoms with Crippen LogP contribution in [0.1, 0.15) is 25.7 Å². The van der Waals surface area contributed by atoms with Gasteiger partial charge in [-0.1, -0.05) is 0 Å². The molecule has 2 atom stereocenters. The van der Waals surface area contributed by atoms with Crippen LogP contribution >= 0.6 is 0 Å². The quantitative estimate of drug-likeness (QED) is 0.749. The number of carbonyl (C=O) groups excluding carboxylic acids is 1. The number of nitrogens with one attached hydrogen (secondary N) is 2. The van der Waals surface area contributed by atoms with Crippen LogP contribution in [0.15, 0.2) is 0 Å². The molecule has 0 aromatic rings. The Hall–Kier alpha value is -0.650. The maximum atomic E-state index is 12.9. The van der Waals surface area contributed by atoms with Gasteiger partial charge in [-0.3, -0.25) is 4.79 Å². The third-order valence-electron chi connectivity index (χ3n) is 4.60. The maximum Gasteiger partial charge on any atom is 0.230 e. The van der Waals surface area contributed by atoms with Gasteiger partial charge in [0.25, 0.3) is 0 Å². The first-order valence-electron chi connectivity index (χ1n) is 7.38. The second-order valence-electron chi connectivity index (χ2n) is 5.83. The highest BCUT2D eigenvalue weighted by atomic mass is 16.5. The molecule has 2 fully saturated rings. The zero-order valence-corrected chi connectivity index (χ0v) is 12.2. The topological polar surface area (TPSA) is 53.6 Å². The molecule has 0 aromatic heterocycles. The monoisotopic (exact) mass is 269 g/mol. The van der Waals surface area contributed by atoms with Crippen molar-refractivity contribution in [1.82, 2.24) is 15.5 Å². The predicted octanol–water partition coefficient (Wildman–Crippen LogP) is 0.213. The summed E-state index contributed by atoms with van der Waals surface area (Å²) in [5.74, 6) is 0.328. The van der Waals surface area contributed by atoms with E-state index < -0.39 is 0 Å². The lowest BCUT2D eigenvalue weighted by Crippen LogP contribution is -2.53. The van der Waals surface area contributed by atoms with Gasteiger partial charge in [0.2, 0.25) is 5.91 Å². The van der Waals surface area contributed by atoms with Crippen LogP contribution in [-0.4, -0.2) is 63.8 Å². The Kier molecular flexibility index (Phi) is 5.19. The van der Waals surface area contributed by atoms with E-state index in [-0.39, 0.29) is 5.41 Å². The van der Waals surface area contributed by atoms with Gasteiger partial charge in [0, 0.05) is 39.4 Å². The molecule has 0 spiro atoms. The first kappa shape index (κ1) is 14.8. The highest BCUT2D eigenvalue weighted by Gasteiger charge is 2.43. The van der Waals surface area contributed by atoms with Gasteiger partial charge in [-0.2, -0.15) is 0 Å². The largest absolute Gasteiger partial charge is 0.385 e. The third-order valence-corrected chi connectivity index (χ3v) is 4.60. The van der Waals surface area contributed by atoms with Gasteiger partial charge in [0.1, 0.15) is 0 Å². The van der Waals surface area contributed by atoms with E-state index in [1.165, 1.54) is 6.42 Å². The molecule has 0 aromatic carbocycles. The molecule has 0 aliphatic carbocycles. The second-order valence-corrected chi connectivity index (χ2v) is 5.83. The molecule has 19 heavy (non-hydrogen) atoms. The fourth-order valence-electron chi connectivity index (χ4n) is 3.28. The molecule has 2 aliphatic rings. The number of ether oxygens (including phenoxy) is 1. The molecule has 2 saturated heterocycles. The number of likely N-dealkylation sites (N-methyl/N-ethyl adjacent to an activating group) is 1. The molecule has 2 heterocycles. The van der Waals surface area contributed by atoms with Crippen LogP contribution in [0.25, 0.3) is 0 Å². The second kappa shape index (κ2) is 6.68. The van der Waals surface area contributed by atoms with E-state index in [4.69, 9.17) is 4.74 Å². The summed E-state index contributed by atoms with van der Waals surface area (Å²) >= 11 is 0.